The molecule has 42 heavy (non-hydrogen) atoms. The van der Waals surface area contributed by atoms with Gasteiger partial charge in [0.05, 0.1) is 5.92 Å². The number of hydrogen-bond donors (Lipinski definition) is 1. The summed E-state index contributed by atoms with van der Waals surface area (Å²) in [7, 11) is 0. The van der Waals surface area contributed by atoms with Crippen molar-refractivity contribution in [2.45, 2.75) is 155 Å². The van der Waals surface area contributed by atoms with Crippen LogP contribution in [0.3, 0.4) is 0 Å². The molecule has 0 unspecified atom stereocenters. The maximum Gasteiger partial charge on any atom is 0.309 e. The van der Waals surface area contributed by atoms with Gasteiger partial charge in [-0.2, -0.15) is 0 Å². The average Bonchev–Trinajstić information content (AvgIpc) is 2.93. The number of ether oxygens (including phenoxy) is 2. The van der Waals surface area contributed by atoms with Crippen LogP contribution in [-0.4, -0.2) is 34.4 Å². The first-order valence-corrected chi connectivity index (χ1v) is 16.2. The first-order chi connectivity index (χ1) is 20.1. The van der Waals surface area contributed by atoms with E-state index in [0.29, 0.717) is 12.8 Å². The molecule has 238 valence electrons. The molecule has 0 saturated carbocycles. The lowest BCUT2D eigenvalue weighted by atomic mass is 9.94. The summed E-state index contributed by atoms with van der Waals surface area (Å²) in [6.45, 7) is 5.83. The van der Waals surface area contributed by atoms with E-state index < -0.39 is 23.5 Å². The molecule has 0 aliphatic rings. The summed E-state index contributed by atoms with van der Waals surface area (Å²) in [5.74, 6) is -2.27. The predicted octanol–water partition coefficient (Wildman–Crippen LogP) is 8.75. The Bertz CT molecular complexity index is 888. The van der Waals surface area contributed by atoms with E-state index in [4.69, 9.17) is 14.6 Å². The van der Waals surface area contributed by atoms with Crippen molar-refractivity contribution in [1.29, 1.82) is 0 Å². The molecule has 0 spiro atoms. The van der Waals surface area contributed by atoms with Crippen LogP contribution in [0.25, 0.3) is 0 Å². The molecule has 1 rings (SSSR count). The normalized spacial score (nSPS) is 12.1. The van der Waals surface area contributed by atoms with E-state index in [1.54, 1.807) is 0 Å². The molecule has 1 aromatic rings. The van der Waals surface area contributed by atoms with Crippen LogP contribution < -0.4 is 0 Å². The van der Waals surface area contributed by atoms with Gasteiger partial charge >= 0.3 is 17.9 Å². The van der Waals surface area contributed by atoms with E-state index in [1.165, 1.54) is 57.8 Å². The van der Waals surface area contributed by atoms with Crippen molar-refractivity contribution < 1.29 is 33.8 Å². The summed E-state index contributed by atoms with van der Waals surface area (Å²) in [6.07, 6.45) is 17.1. The summed E-state index contributed by atoms with van der Waals surface area (Å²) < 4.78 is 10.7. The third kappa shape index (κ3) is 22.0. The number of carboxylic acid groups (broad SMARTS) is 1. The molecule has 1 N–H and O–H groups in total. The molecule has 1 atom stereocenters. The Balaban J connectivity index is 2.02. The summed E-state index contributed by atoms with van der Waals surface area (Å²) in [5, 5.41) is 9.03. The molecule has 0 aliphatic heterocycles. The number of benzene rings is 1. The highest BCUT2D eigenvalue weighted by Crippen LogP contribution is 2.19. The third-order valence-electron chi connectivity index (χ3n) is 7.24. The van der Waals surface area contributed by atoms with Gasteiger partial charge in [-0.15, -0.1) is 0 Å². The molecule has 7 heteroatoms. The maximum atomic E-state index is 12.6. The van der Waals surface area contributed by atoms with Crippen molar-refractivity contribution in [1.82, 2.24) is 0 Å². The molecule has 7 nitrogen and oxygen atoms in total. The van der Waals surface area contributed by atoms with E-state index in [-0.39, 0.29) is 37.6 Å². The van der Waals surface area contributed by atoms with Gasteiger partial charge in [0.15, 0.2) is 0 Å². The lowest BCUT2D eigenvalue weighted by Gasteiger charge is -2.19. The number of carboxylic acids is 1. The average molecular weight is 589 g/mol. The topological polar surface area (TPSA) is 107 Å². The van der Waals surface area contributed by atoms with Crippen LogP contribution in [0.1, 0.15) is 148 Å². The zero-order chi connectivity index (χ0) is 31.1. The fourth-order valence-electron chi connectivity index (χ4n) is 4.93. The standard InChI is InChI=1S/C35H56O7/c1-35(2,3)42-33(39)24-20-15-13-11-9-7-5-4-6-8-10-12-14-19-23-31(36)27-30(25-26-32(37)38)34(40)41-28-29-21-17-16-18-22-29/h16-18,21-22,30H,4-15,19-20,23-28H2,1-3H3,(H,37,38)/t30-/m1/s1. The van der Waals surface area contributed by atoms with Crippen molar-refractivity contribution in [3.63, 3.8) is 0 Å². The summed E-state index contributed by atoms with van der Waals surface area (Å²) in [6, 6.07) is 9.31. The van der Waals surface area contributed by atoms with Crippen LogP contribution in [0.5, 0.6) is 0 Å². The molecule has 1 aromatic carbocycles. The van der Waals surface area contributed by atoms with Crippen molar-refractivity contribution >= 4 is 23.7 Å². The second-order valence-electron chi connectivity index (χ2n) is 12.5. The minimum atomic E-state index is -0.980. The monoisotopic (exact) mass is 588 g/mol. The molecule has 0 heterocycles. The Hall–Kier alpha value is -2.70. The zero-order valence-corrected chi connectivity index (χ0v) is 26.5. The number of esters is 2. The zero-order valence-electron chi connectivity index (χ0n) is 26.5. The fraction of sp³-hybridized carbons (Fsp3) is 0.714. The summed E-state index contributed by atoms with van der Waals surface area (Å²) >= 11 is 0. The second-order valence-corrected chi connectivity index (χ2v) is 12.5. The van der Waals surface area contributed by atoms with Crippen LogP contribution >= 0.6 is 0 Å². The molecule has 0 bridgehead atoms. The smallest absolute Gasteiger partial charge is 0.309 e. The van der Waals surface area contributed by atoms with Crippen molar-refractivity contribution in [2.75, 3.05) is 0 Å². The number of Topliss-reactive ketones (excluding diaryl/α,β-unsaturated/α-hetero) is 1. The van der Waals surface area contributed by atoms with Gasteiger partial charge in [-0.25, -0.2) is 0 Å². The number of carbonyl (C=O) groups excluding carboxylic acids is 3. The number of ketones is 1. The van der Waals surface area contributed by atoms with Crippen molar-refractivity contribution in [3.8, 4) is 0 Å². The highest BCUT2D eigenvalue weighted by atomic mass is 16.6. The fourth-order valence-corrected chi connectivity index (χ4v) is 4.93. The molecule has 0 saturated heterocycles. The lowest BCUT2D eigenvalue weighted by molar-refractivity contribution is -0.155. The van der Waals surface area contributed by atoms with Crippen LogP contribution in [0.15, 0.2) is 30.3 Å². The van der Waals surface area contributed by atoms with Gasteiger partial charge in [0.25, 0.3) is 0 Å². The van der Waals surface area contributed by atoms with Gasteiger partial charge in [0, 0.05) is 25.7 Å². The van der Waals surface area contributed by atoms with Gasteiger partial charge in [0.2, 0.25) is 0 Å². The summed E-state index contributed by atoms with van der Waals surface area (Å²) in [5.41, 5.74) is 0.465. The van der Waals surface area contributed by atoms with Gasteiger partial charge in [-0.1, -0.05) is 107 Å². The molecular formula is C35H56O7. The number of unbranched alkanes of at least 4 members (excludes halogenated alkanes) is 13. The maximum absolute atomic E-state index is 12.6. The highest BCUT2D eigenvalue weighted by Gasteiger charge is 2.24. The number of hydrogen-bond acceptors (Lipinski definition) is 6. The number of aliphatic carboxylic acids is 1. The van der Waals surface area contributed by atoms with Crippen LogP contribution in [0.2, 0.25) is 0 Å². The van der Waals surface area contributed by atoms with E-state index in [0.717, 1.165) is 37.7 Å². The van der Waals surface area contributed by atoms with Crippen LogP contribution in [0, 0.1) is 5.92 Å². The molecule has 0 aromatic heterocycles. The van der Waals surface area contributed by atoms with Crippen molar-refractivity contribution in [3.05, 3.63) is 35.9 Å². The Morgan fingerprint density at radius 3 is 1.64 bits per heavy atom. The quantitative estimate of drug-likeness (QED) is 0.0898. The van der Waals surface area contributed by atoms with Gasteiger partial charge < -0.3 is 14.6 Å². The predicted molar refractivity (Wildman–Crippen MR) is 166 cm³/mol. The number of carbonyl (C=O) groups is 4. The van der Waals surface area contributed by atoms with E-state index in [1.807, 2.05) is 51.1 Å². The van der Waals surface area contributed by atoms with E-state index >= 15 is 0 Å². The first kappa shape index (κ1) is 37.3. The third-order valence-corrected chi connectivity index (χ3v) is 7.24. The van der Waals surface area contributed by atoms with E-state index in [2.05, 4.69) is 0 Å². The Morgan fingerprint density at radius 1 is 0.690 bits per heavy atom. The van der Waals surface area contributed by atoms with Gasteiger partial charge in [-0.05, 0) is 45.6 Å². The highest BCUT2D eigenvalue weighted by molar-refractivity contribution is 5.84. The Morgan fingerprint density at radius 2 is 1.17 bits per heavy atom. The Kier molecular flexibility index (Phi) is 20.3. The minimum Gasteiger partial charge on any atom is -0.481 e. The first-order valence-electron chi connectivity index (χ1n) is 16.2. The molecule has 0 fully saturated rings. The minimum absolute atomic E-state index is 0.00471. The van der Waals surface area contributed by atoms with E-state index in [9.17, 15) is 19.2 Å². The summed E-state index contributed by atoms with van der Waals surface area (Å²) in [4.78, 5) is 47.8. The molecule has 0 amide bonds. The van der Waals surface area contributed by atoms with Crippen LogP contribution in [-0.2, 0) is 35.3 Å². The molecule has 0 aliphatic carbocycles. The largest absolute Gasteiger partial charge is 0.481 e. The second kappa shape index (κ2) is 22.8. The van der Waals surface area contributed by atoms with Gasteiger partial charge in [0.1, 0.15) is 18.0 Å². The Labute approximate surface area is 254 Å². The van der Waals surface area contributed by atoms with Crippen LogP contribution in [0.4, 0.5) is 0 Å². The molecule has 0 radical (unpaired) electrons. The van der Waals surface area contributed by atoms with Gasteiger partial charge in [-0.3, -0.25) is 19.2 Å². The lowest BCUT2D eigenvalue weighted by Crippen LogP contribution is -2.23. The molecular weight excluding hydrogens is 532 g/mol. The number of rotatable bonds is 25. The SMILES string of the molecule is CC(C)(C)OC(=O)CCCCCCCCCCCCCCCCC(=O)C[C@@H](CCC(=O)O)C(=O)OCc1ccccc1. The van der Waals surface area contributed by atoms with Crippen molar-refractivity contribution in [2.24, 2.45) is 5.92 Å².